The molecule has 0 saturated heterocycles. The van der Waals surface area contributed by atoms with Crippen LogP contribution in [0.3, 0.4) is 0 Å². The molecular weight excluding hydrogens is 354 g/mol. The van der Waals surface area contributed by atoms with E-state index in [2.05, 4.69) is 30.5 Å². The molecule has 0 bridgehead atoms. The van der Waals surface area contributed by atoms with E-state index < -0.39 is 6.03 Å². The Kier molecular flexibility index (Phi) is 4.79. The average molecular weight is 388 g/mol. The van der Waals surface area contributed by atoms with Crippen LogP contribution in [-0.4, -0.2) is 23.8 Å². The van der Waals surface area contributed by atoms with Gasteiger partial charge in [0.25, 0.3) is 0 Å². The van der Waals surface area contributed by atoms with Crippen LogP contribution in [0.4, 0.5) is 4.79 Å². The molecule has 3 fully saturated rings. The Bertz CT molecular complexity index is 745. The van der Waals surface area contributed by atoms with Crippen molar-refractivity contribution in [2.45, 2.75) is 78.2 Å². The van der Waals surface area contributed by atoms with Gasteiger partial charge in [0, 0.05) is 24.5 Å². The van der Waals surface area contributed by atoms with E-state index in [4.69, 9.17) is 10.5 Å². The molecule has 3 saturated carbocycles. The summed E-state index contributed by atoms with van der Waals surface area (Å²) >= 11 is 0. The second kappa shape index (κ2) is 6.89. The van der Waals surface area contributed by atoms with Crippen molar-refractivity contribution in [1.29, 1.82) is 0 Å². The Labute approximate surface area is 167 Å². The van der Waals surface area contributed by atoms with E-state index in [9.17, 15) is 9.59 Å². The van der Waals surface area contributed by atoms with E-state index >= 15 is 0 Å². The Balaban J connectivity index is 1.56. The summed E-state index contributed by atoms with van der Waals surface area (Å²) in [5.41, 5.74) is 10.6. The first-order valence-corrected chi connectivity index (χ1v) is 10.7. The molecule has 4 rings (SSSR count). The number of primary amides is 1. The van der Waals surface area contributed by atoms with Crippen LogP contribution < -0.4 is 11.2 Å². The Morgan fingerprint density at radius 1 is 1.18 bits per heavy atom. The van der Waals surface area contributed by atoms with Crippen molar-refractivity contribution in [3.8, 4) is 0 Å². The van der Waals surface area contributed by atoms with Gasteiger partial charge in [-0.05, 0) is 68.1 Å². The molecule has 3 N–H and O–H groups in total. The molecule has 6 nitrogen and oxygen atoms in total. The van der Waals surface area contributed by atoms with E-state index in [1.54, 1.807) is 0 Å². The van der Waals surface area contributed by atoms with Gasteiger partial charge in [-0.3, -0.25) is 4.79 Å². The number of carbonyl (C=O) groups excluding carboxylic acids is 2. The highest BCUT2D eigenvalue weighted by atomic mass is 16.5. The van der Waals surface area contributed by atoms with Gasteiger partial charge in [0.15, 0.2) is 0 Å². The zero-order chi connectivity index (χ0) is 20.1. The third-order valence-electron chi connectivity index (χ3n) is 8.43. The van der Waals surface area contributed by atoms with Gasteiger partial charge in [-0.2, -0.15) is 5.10 Å². The predicted molar refractivity (Wildman–Crippen MR) is 107 cm³/mol. The number of nitrogens with two attached hydrogens (primary N) is 1. The van der Waals surface area contributed by atoms with Crippen molar-refractivity contribution in [3.63, 3.8) is 0 Å². The van der Waals surface area contributed by atoms with Gasteiger partial charge in [-0.1, -0.05) is 25.5 Å². The summed E-state index contributed by atoms with van der Waals surface area (Å²) in [4.78, 5) is 22.5. The summed E-state index contributed by atoms with van der Waals surface area (Å²) < 4.78 is 5.53. The highest BCUT2D eigenvalue weighted by molar-refractivity contribution is 5.93. The summed E-state index contributed by atoms with van der Waals surface area (Å²) in [5, 5.41) is 4.38. The molecule has 0 aromatic carbocycles. The predicted octanol–water partition coefficient (Wildman–Crippen LogP) is 3.91. The first kappa shape index (κ1) is 19.5. The number of rotatable bonds is 2. The normalized spacial score (nSPS) is 43.4. The second-order valence-electron chi connectivity index (χ2n) is 9.76. The van der Waals surface area contributed by atoms with Crippen LogP contribution in [0.25, 0.3) is 0 Å². The Hall–Kier alpha value is -1.85. The number of fused-ring (bicyclic) bond motifs is 5. The summed E-state index contributed by atoms with van der Waals surface area (Å²) in [6, 6.07) is -0.587. The van der Waals surface area contributed by atoms with Gasteiger partial charge in [-0.25, -0.2) is 10.2 Å². The van der Waals surface area contributed by atoms with Crippen molar-refractivity contribution in [1.82, 2.24) is 5.43 Å². The quantitative estimate of drug-likeness (QED) is 0.427. The average Bonchev–Trinajstić information content (AvgIpc) is 2.96. The van der Waals surface area contributed by atoms with Crippen molar-refractivity contribution in [3.05, 3.63) is 11.6 Å². The zero-order valence-corrected chi connectivity index (χ0v) is 17.3. The SMILES string of the molecule is CC(=O)O[C@H]1CC[C@@]2(C)C(=CC[C@@H]3[C@@H]2CC[C@]2(C)C(=NNC(N)=O)CC[C@@H]32)C1. The molecule has 0 radical (unpaired) electrons. The smallest absolute Gasteiger partial charge is 0.332 e. The summed E-state index contributed by atoms with van der Waals surface area (Å²) in [5.74, 6) is 1.80. The van der Waals surface area contributed by atoms with E-state index in [1.807, 2.05) is 0 Å². The monoisotopic (exact) mass is 387 g/mol. The zero-order valence-electron chi connectivity index (χ0n) is 17.3. The molecule has 0 aliphatic heterocycles. The van der Waals surface area contributed by atoms with Gasteiger partial charge < -0.3 is 10.5 Å². The minimum absolute atomic E-state index is 0.0484. The molecule has 0 unspecified atom stereocenters. The van der Waals surface area contributed by atoms with Crippen molar-refractivity contribution in [2.24, 2.45) is 39.4 Å². The third kappa shape index (κ3) is 3.05. The fraction of sp³-hybridized carbons (Fsp3) is 0.773. The summed E-state index contributed by atoms with van der Waals surface area (Å²) in [6.45, 7) is 6.29. The lowest BCUT2D eigenvalue weighted by Gasteiger charge is -2.57. The van der Waals surface area contributed by atoms with Crippen molar-refractivity contribution >= 4 is 17.7 Å². The molecule has 0 aromatic rings. The molecule has 154 valence electrons. The van der Waals surface area contributed by atoms with E-state index in [0.717, 1.165) is 50.7 Å². The van der Waals surface area contributed by atoms with Crippen LogP contribution in [-0.2, 0) is 9.53 Å². The standard InChI is InChI=1S/C22H33N3O3/c1-13(26)28-15-8-10-21(2)14(12-15)4-5-16-17-6-7-19(24-25-20(23)27)22(17,3)11-9-18(16)21/h4,15-18H,5-12H2,1-3H3,(H3,23,25,27)/t15-,16-,17-,18-,21-,22-/m0/s1. The lowest BCUT2D eigenvalue weighted by atomic mass is 9.48. The fourth-order valence-electron chi connectivity index (χ4n) is 7.06. The number of hydrazone groups is 1. The minimum Gasteiger partial charge on any atom is -0.462 e. The number of urea groups is 1. The number of ether oxygens (including phenoxy) is 1. The third-order valence-corrected chi connectivity index (χ3v) is 8.43. The topological polar surface area (TPSA) is 93.8 Å². The van der Waals surface area contributed by atoms with Gasteiger partial charge >= 0.3 is 12.0 Å². The molecule has 0 aromatic heterocycles. The first-order chi connectivity index (χ1) is 13.2. The highest BCUT2D eigenvalue weighted by Gasteiger charge is 2.58. The molecular formula is C22H33N3O3. The van der Waals surface area contributed by atoms with Crippen molar-refractivity contribution in [2.75, 3.05) is 0 Å². The second-order valence-corrected chi connectivity index (χ2v) is 9.76. The largest absolute Gasteiger partial charge is 0.462 e. The number of hydrogen-bond acceptors (Lipinski definition) is 4. The number of carbonyl (C=O) groups is 2. The van der Waals surface area contributed by atoms with Crippen LogP contribution in [0.1, 0.15) is 72.1 Å². The Morgan fingerprint density at radius 3 is 2.61 bits per heavy atom. The summed E-state index contributed by atoms with van der Waals surface area (Å²) in [6.07, 6.45) is 11.0. The van der Waals surface area contributed by atoms with Crippen molar-refractivity contribution < 1.29 is 14.3 Å². The van der Waals surface area contributed by atoms with Crippen LogP contribution in [0, 0.1) is 28.6 Å². The van der Waals surface area contributed by atoms with Crippen LogP contribution >= 0.6 is 0 Å². The van der Waals surface area contributed by atoms with Crippen LogP contribution in [0.15, 0.2) is 16.8 Å². The lowest BCUT2D eigenvalue weighted by molar-refractivity contribution is -0.148. The number of hydrogen-bond donors (Lipinski definition) is 2. The van der Waals surface area contributed by atoms with Gasteiger partial charge in [-0.15, -0.1) is 0 Å². The maximum absolute atomic E-state index is 11.4. The molecule has 6 heteroatoms. The number of esters is 1. The molecule has 28 heavy (non-hydrogen) atoms. The molecule has 4 aliphatic rings. The lowest BCUT2D eigenvalue weighted by Crippen LogP contribution is -2.50. The van der Waals surface area contributed by atoms with Crippen LogP contribution in [0.2, 0.25) is 0 Å². The van der Waals surface area contributed by atoms with Gasteiger partial charge in [0.1, 0.15) is 6.10 Å². The molecule has 0 heterocycles. The van der Waals surface area contributed by atoms with E-state index in [1.165, 1.54) is 18.9 Å². The minimum atomic E-state index is -0.587. The van der Waals surface area contributed by atoms with Gasteiger partial charge in [0.05, 0.1) is 0 Å². The van der Waals surface area contributed by atoms with E-state index in [0.29, 0.717) is 17.8 Å². The maximum Gasteiger partial charge on any atom is 0.332 e. The molecule has 0 spiro atoms. The molecule has 2 amide bonds. The fourth-order valence-corrected chi connectivity index (χ4v) is 7.06. The number of amides is 2. The maximum atomic E-state index is 11.4. The van der Waals surface area contributed by atoms with Crippen LogP contribution in [0.5, 0.6) is 0 Å². The molecule has 4 aliphatic carbocycles. The Morgan fingerprint density at radius 2 is 1.89 bits per heavy atom. The van der Waals surface area contributed by atoms with Gasteiger partial charge in [0.2, 0.25) is 0 Å². The summed E-state index contributed by atoms with van der Waals surface area (Å²) in [7, 11) is 0. The van der Waals surface area contributed by atoms with E-state index in [-0.39, 0.29) is 22.9 Å². The first-order valence-electron chi connectivity index (χ1n) is 10.7. The number of nitrogens with one attached hydrogen (secondary N) is 1. The number of nitrogens with zero attached hydrogens (tertiary/aromatic N) is 1. The molecule has 6 atom stereocenters. The number of allylic oxidation sites excluding steroid dienone is 1. The highest BCUT2D eigenvalue weighted by Crippen LogP contribution is 2.64.